The quantitative estimate of drug-likeness (QED) is 0.776. The van der Waals surface area contributed by atoms with Gasteiger partial charge in [-0.05, 0) is 33.0 Å². The van der Waals surface area contributed by atoms with Gasteiger partial charge >= 0.3 is 0 Å². The maximum Gasteiger partial charge on any atom is 0.186 e. The smallest absolute Gasteiger partial charge is 0.186 e. The third kappa shape index (κ3) is 4.11. The lowest BCUT2D eigenvalue weighted by Gasteiger charge is -2.16. The number of aryl methyl sites for hydroxylation is 1. The molecule has 0 bridgehead atoms. The van der Waals surface area contributed by atoms with E-state index in [0.29, 0.717) is 13.1 Å². The highest BCUT2D eigenvalue weighted by molar-refractivity contribution is 7.14. The van der Waals surface area contributed by atoms with E-state index in [0.717, 1.165) is 9.75 Å². The highest BCUT2D eigenvalue weighted by atomic mass is 32.1. The van der Waals surface area contributed by atoms with Gasteiger partial charge in [-0.1, -0.05) is 0 Å². The van der Waals surface area contributed by atoms with Gasteiger partial charge in [-0.3, -0.25) is 9.69 Å². The Balaban J connectivity index is 2.49. The maximum absolute atomic E-state index is 11.7. The number of aliphatic hydroxyl groups excluding tert-OH is 1. The van der Waals surface area contributed by atoms with Crippen LogP contribution in [0.15, 0.2) is 12.1 Å². The zero-order valence-electron chi connectivity index (χ0n) is 9.36. The number of hydrogen-bond donors (Lipinski definition) is 1. The Morgan fingerprint density at radius 1 is 1.60 bits per heavy atom. The summed E-state index contributed by atoms with van der Waals surface area (Å²) in [7, 11) is 1.84. The van der Waals surface area contributed by atoms with E-state index >= 15 is 0 Å². The van der Waals surface area contributed by atoms with Gasteiger partial charge in [0.15, 0.2) is 5.78 Å². The van der Waals surface area contributed by atoms with Gasteiger partial charge in [0.05, 0.1) is 17.5 Å². The number of ketones is 1. The van der Waals surface area contributed by atoms with Crippen LogP contribution in [0.4, 0.5) is 0 Å². The molecule has 1 aromatic rings. The van der Waals surface area contributed by atoms with E-state index in [1.807, 2.05) is 31.0 Å². The number of likely N-dealkylation sites (N-methyl/N-ethyl adjacent to an activating group) is 1. The molecule has 0 aliphatic heterocycles. The summed E-state index contributed by atoms with van der Waals surface area (Å²) in [6.45, 7) is 4.60. The highest BCUT2D eigenvalue weighted by Gasteiger charge is 2.12. The van der Waals surface area contributed by atoms with Crippen LogP contribution in [0, 0.1) is 6.92 Å². The van der Waals surface area contributed by atoms with Crippen LogP contribution in [-0.4, -0.2) is 42.0 Å². The molecule has 0 saturated heterocycles. The van der Waals surface area contributed by atoms with E-state index in [9.17, 15) is 4.79 Å². The van der Waals surface area contributed by atoms with E-state index in [4.69, 9.17) is 5.11 Å². The largest absolute Gasteiger partial charge is 0.392 e. The van der Waals surface area contributed by atoms with Gasteiger partial charge in [0.1, 0.15) is 0 Å². The van der Waals surface area contributed by atoms with E-state index in [1.165, 1.54) is 11.3 Å². The Morgan fingerprint density at radius 3 is 2.73 bits per heavy atom. The molecule has 1 N–H and O–H groups in total. The van der Waals surface area contributed by atoms with Gasteiger partial charge in [0, 0.05) is 11.4 Å². The molecule has 4 heteroatoms. The Bertz CT molecular complexity index is 333. The summed E-state index contributed by atoms with van der Waals surface area (Å²) in [5, 5.41) is 9.16. The van der Waals surface area contributed by atoms with Crippen molar-refractivity contribution in [3.63, 3.8) is 0 Å². The summed E-state index contributed by atoms with van der Waals surface area (Å²) in [5.74, 6) is 0.122. The topological polar surface area (TPSA) is 40.5 Å². The molecule has 0 aliphatic rings. The fourth-order valence-corrected chi connectivity index (χ4v) is 2.22. The highest BCUT2D eigenvalue weighted by Crippen LogP contribution is 2.15. The second kappa shape index (κ2) is 5.39. The lowest BCUT2D eigenvalue weighted by Crippen LogP contribution is -2.31. The number of carbonyl (C=O) groups excluding carboxylic acids is 1. The second-order valence-corrected chi connectivity index (χ2v) is 5.17. The van der Waals surface area contributed by atoms with Crippen molar-refractivity contribution in [2.45, 2.75) is 20.0 Å². The number of nitrogens with zero attached hydrogens (tertiary/aromatic N) is 1. The number of aliphatic hydroxyl groups is 1. The Kier molecular flexibility index (Phi) is 4.45. The summed E-state index contributed by atoms with van der Waals surface area (Å²) in [6.07, 6.45) is -0.395. The van der Waals surface area contributed by atoms with Crippen molar-refractivity contribution in [1.82, 2.24) is 4.90 Å². The van der Waals surface area contributed by atoms with Gasteiger partial charge in [-0.15, -0.1) is 11.3 Å². The molecule has 0 saturated carbocycles. The maximum atomic E-state index is 11.7. The van der Waals surface area contributed by atoms with Crippen molar-refractivity contribution >= 4 is 17.1 Å². The average molecular weight is 227 g/mol. The summed E-state index contributed by atoms with van der Waals surface area (Å²) < 4.78 is 0. The van der Waals surface area contributed by atoms with Crippen LogP contribution in [0.2, 0.25) is 0 Å². The molecule has 0 aliphatic carbocycles. The number of Topliss-reactive ketones (excluding diaryl/α,β-unsaturated/α-hetero) is 1. The molecular formula is C11H17NO2S. The van der Waals surface area contributed by atoms with Crippen LogP contribution in [0.25, 0.3) is 0 Å². The Hall–Kier alpha value is -0.710. The minimum Gasteiger partial charge on any atom is -0.392 e. The lowest BCUT2D eigenvalue weighted by molar-refractivity contribution is 0.0905. The van der Waals surface area contributed by atoms with E-state index < -0.39 is 6.10 Å². The lowest BCUT2D eigenvalue weighted by atomic mass is 10.3. The Morgan fingerprint density at radius 2 is 2.27 bits per heavy atom. The second-order valence-electron chi connectivity index (χ2n) is 3.88. The summed E-state index contributed by atoms with van der Waals surface area (Å²) in [6, 6.07) is 3.81. The molecule has 1 atom stereocenters. The molecule has 1 aromatic heterocycles. The fourth-order valence-electron chi connectivity index (χ4n) is 1.42. The van der Waals surface area contributed by atoms with Gasteiger partial charge in [-0.25, -0.2) is 0 Å². The molecule has 3 nitrogen and oxygen atoms in total. The van der Waals surface area contributed by atoms with E-state index in [2.05, 4.69) is 0 Å². The van der Waals surface area contributed by atoms with Crippen LogP contribution < -0.4 is 0 Å². The number of rotatable bonds is 5. The summed E-state index contributed by atoms with van der Waals surface area (Å²) in [4.78, 5) is 15.5. The van der Waals surface area contributed by atoms with Gasteiger partial charge in [0.2, 0.25) is 0 Å². The molecule has 1 heterocycles. The van der Waals surface area contributed by atoms with Crippen molar-refractivity contribution in [3.8, 4) is 0 Å². The third-order valence-electron chi connectivity index (χ3n) is 2.00. The fraction of sp³-hybridized carbons (Fsp3) is 0.545. The van der Waals surface area contributed by atoms with Crippen molar-refractivity contribution in [2.24, 2.45) is 0 Å². The molecule has 1 unspecified atom stereocenters. The number of hydrogen-bond acceptors (Lipinski definition) is 4. The standard InChI is InChI=1S/C11H17NO2S/c1-8(13)6-12(3)7-10(14)11-5-4-9(2)15-11/h4-5,8,13H,6-7H2,1-3H3. The molecule has 84 valence electrons. The molecule has 0 radical (unpaired) electrons. The first-order valence-corrected chi connectivity index (χ1v) is 5.77. The van der Waals surface area contributed by atoms with Crippen LogP contribution in [0.1, 0.15) is 21.5 Å². The van der Waals surface area contributed by atoms with Crippen molar-refractivity contribution in [3.05, 3.63) is 21.9 Å². The predicted molar refractivity (Wildman–Crippen MR) is 62.6 cm³/mol. The van der Waals surface area contributed by atoms with Crippen molar-refractivity contribution < 1.29 is 9.90 Å². The average Bonchev–Trinajstić information content (AvgIpc) is 2.49. The summed E-state index contributed by atoms with van der Waals surface area (Å²) in [5.41, 5.74) is 0. The minimum absolute atomic E-state index is 0.122. The van der Waals surface area contributed by atoms with Crippen molar-refractivity contribution in [2.75, 3.05) is 20.1 Å². The molecule has 1 rings (SSSR count). The number of thiophene rings is 1. The normalized spacial score (nSPS) is 13.1. The van der Waals surface area contributed by atoms with Crippen LogP contribution in [0.5, 0.6) is 0 Å². The monoisotopic (exact) mass is 227 g/mol. The Labute approximate surface area is 94.3 Å². The van der Waals surface area contributed by atoms with Gasteiger partial charge in [0.25, 0.3) is 0 Å². The number of carbonyl (C=O) groups is 1. The zero-order valence-corrected chi connectivity index (χ0v) is 10.2. The minimum atomic E-state index is -0.395. The molecular weight excluding hydrogens is 210 g/mol. The molecule has 15 heavy (non-hydrogen) atoms. The summed E-state index contributed by atoms with van der Waals surface area (Å²) >= 11 is 1.52. The molecule has 0 fully saturated rings. The third-order valence-corrected chi connectivity index (χ3v) is 3.05. The van der Waals surface area contributed by atoms with E-state index in [-0.39, 0.29) is 5.78 Å². The predicted octanol–water partition coefficient (Wildman–Crippen LogP) is 1.55. The van der Waals surface area contributed by atoms with E-state index in [1.54, 1.807) is 6.92 Å². The molecule has 0 amide bonds. The van der Waals surface area contributed by atoms with Crippen LogP contribution >= 0.6 is 11.3 Å². The van der Waals surface area contributed by atoms with Crippen LogP contribution in [0.3, 0.4) is 0 Å². The molecule has 0 aromatic carbocycles. The molecule has 0 spiro atoms. The van der Waals surface area contributed by atoms with Gasteiger partial charge in [-0.2, -0.15) is 0 Å². The first-order valence-electron chi connectivity index (χ1n) is 4.95. The van der Waals surface area contributed by atoms with Crippen LogP contribution in [-0.2, 0) is 0 Å². The van der Waals surface area contributed by atoms with Crippen molar-refractivity contribution in [1.29, 1.82) is 0 Å². The first-order chi connectivity index (χ1) is 6.99. The zero-order chi connectivity index (χ0) is 11.4. The SMILES string of the molecule is Cc1ccc(C(=O)CN(C)CC(C)O)s1. The van der Waals surface area contributed by atoms with Gasteiger partial charge < -0.3 is 5.11 Å². The first kappa shape index (κ1) is 12.4.